The predicted molar refractivity (Wildman–Crippen MR) is 107 cm³/mol. The van der Waals surface area contributed by atoms with Crippen LogP contribution in [0, 0.1) is 0 Å². The highest BCUT2D eigenvalue weighted by Crippen LogP contribution is 2.18. The van der Waals surface area contributed by atoms with E-state index in [9.17, 15) is 0 Å². The molecule has 22 heavy (non-hydrogen) atoms. The average molecular weight is 411 g/mol. The molecule has 2 N–H and O–H groups in total. The smallest absolute Gasteiger partial charge is 0.191 e. The highest BCUT2D eigenvalue weighted by Gasteiger charge is 2.11. The predicted octanol–water partition coefficient (Wildman–Crippen LogP) is 3.96. The van der Waals surface area contributed by atoms with Crippen LogP contribution < -0.4 is 10.6 Å². The van der Waals surface area contributed by atoms with Gasteiger partial charge in [0.05, 0.1) is 0 Å². The highest BCUT2D eigenvalue weighted by molar-refractivity contribution is 14.0. The summed E-state index contributed by atoms with van der Waals surface area (Å²) in [7, 11) is 1.80. The van der Waals surface area contributed by atoms with Gasteiger partial charge in [0.2, 0.25) is 0 Å². The minimum atomic E-state index is 0. The van der Waals surface area contributed by atoms with Crippen molar-refractivity contribution in [1.29, 1.82) is 0 Å². The van der Waals surface area contributed by atoms with Gasteiger partial charge in [-0.15, -0.1) is 24.0 Å². The molecule has 0 atom stereocenters. The second kappa shape index (κ2) is 8.36. The van der Waals surface area contributed by atoms with Crippen LogP contribution in [0.1, 0.15) is 26.3 Å². The molecule has 120 valence electrons. The summed E-state index contributed by atoms with van der Waals surface area (Å²) < 4.78 is 0. The first-order valence-electron chi connectivity index (χ1n) is 7.45. The van der Waals surface area contributed by atoms with E-state index in [1.165, 1.54) is 16.3 Å². The molecule has 0 bridgehead atoms. The number of fused-ring (bicyclic) bond motifs is 1. The molecular weight excluding hydrogens is 385 g/mol. The molecule has 0 aliphatic carbocycles. The van der Waals surface area contributed by atoms with E-state index < -0.39 is 0 Å². The van der Waals surface area contributed by atoms with Crippen molar-refractivity contribution in [3.63, 3.8) is 0 Å². The van der Waals surface area contributed by atoms with E-state index in [1.807, 2.05) is 0 Å². The Morgan fingerprint density at radius 2 is 1.73 bits per heavy atom. The lowest BCUT2D eigenvalue weighted by atomic mass is 10.0. The fraction of sp³-hybridized carbons (Fsp3) is 0.389. The van der Waals surface area contributed by atoms with E-state index >= 15 is 0 Å². The first-order chi connectivity index (χ1) is 9.99. The summed E-state index contributed by atoms with van der Waals surface area (Å²) in [5.74, 6) is 0.850. The quantitative estimate of drug-likeness (QED) is 0.456. The van der Waals surface area contributed by atoms with Crippen LogP contribution in [0.4, 0.5) is 0 Å². The van der Waals surface area contributed by atoms with Crippen molar-refractivity contribution < 1.29 is 0 Å². The second-order valence-electron chi connectivity index (χ2n) is 6.26. The molecule has 0 aromatic heterocycles. The minimum absolute atomic E-state index is 0. The van der Waals surface area contributed by atoms with Crippen LogP contribution in [0.5, 0.6) is 0 Å². The van der Waals surface area contributed by atoms with Crippen LogP contribution in [0.15, 0.2) is 47.5 Å². The largest absolute Gasteiger partial charge is 0.356 e. The molecule has 4 heteroatoms. The Kier molecular flexibility index (Phi) is 7.13. The number of nitrogens with zero attached hydrogens (tertiary/aromatic N) is 1. The second-order valence-corrected chi connectivity index (χ2v) is 6.26. The van der Waals surface area contributed by atoms with Crippen LogP contribution in [0.3, 0.4) is 0 Å². The topological polar surface area (TPSA) is 36.4 Å². The summed E-state index contributed by atoms with van der Waals surface area (Å²) in [5, 5.41) is 9.38. The average Bonchev–Trinajstić information content (AvgIpc) is 2.45. The number of hydrogen-bond donors (Lipinski definition) is 2. The molecule has 0 aliphatic heterocycles. The van der Waals surface area contributed by atoms with Crippen molar-refractivity contribution in [1.82, 2.24) is 10.6 Å². The lowest BCUT2D eigenvalue weighted by Gasteiger charge is -2.23. The van der Waals surface area contributed by atoms with E-state index in [0.717, 1.165) is 18.9 Å². The number of hydrogen-bond acceptors (Lipinski definition) is 1. The van der Waals surface area contributed by atoms with Crippen molar-refractivity contribution in [2.24, 2.45) is 4.99 Å². The van der Waals surface area contributed by atoms with Crippen LogP contribution in [-0.4, -0.2) is 25.1 Å². The van der Waals surface area contributed by atoms with Crippen molar-refractivity contribution >= 4 is 40.7 Å². The summed E-state index contributed by atoms with van der Waals surface area (Å²) in [6, 6.07) is 15.0. The molecule has 0 aliphatic rings. The van der Waals surface area contributed by atoms with Gasteiger partial charge in [0.15, 0.2) is 5.96 Å². The highest BCUT2D eigenvalue weighted by atomic mass is 127. The number of rotatable bonds is 3. The molecule has 0 heterocycles. The molecule has 0 saturated heterocycles. The number of benzene rings is 2. The third-order valence-electron chi connectivity index (χ3n) is 3.28. The molecular formula is C18H26IN3. The number of halogens is 1. The van der Waals surface area contributed by atoms with E-state index in [1.54, 1.807) is 7.05 Å². The molecule has 0 spiro atoms. The molecule has 2 aromatic carbocycles. The zero-order valence-corrected chi connectivity index (χ0v) is 16.1. The van der Waals surface area contributed by atoms with Crippen LogP contribution >= 0.6 is 24.0 Å². The maximum absolute atomic E-state index is 4.26. The van der Waals surface area contributed by atoms with Crippen LogP contribution in [-0.2, 0) is 6.42 Å². The maximum atomic E-state index is 4.26. The monoisotopic (exact) mass is 411 g/mol. The molecule has 0 radical (unpaired) electrons. The van der Waals surface area contributed by atoms with E-state index in [2.05, 4.69) is 78.9 Å². The van der Waals surface area contributed by atoms with E-state index in [0.29, 0.717) is 0 Å². The van der Waals surface area contributed by atoms with Crippen molar-refractivity contribution in [2.75, 3.05) is 13.6 Å². The van der Waals surface area contributed by atoms with Crippen molar-refractivity contribution in [3.8, 4) is 0 Å². The Morgan fingerprint density at radius 1 is 1.05 bits per heavy atom. The third kappa shape index (κ3) is 5.48. The lowest BCUT2D eigenvalue weighted by molar-refractivity contribution is 0.501. The zero-order valence-electron chi connectivity index (χ0n) is 13.8. The van der Waals surface area contributed by atoms with Gasteiger partial charge in [0.1, 0.15) is 0 Å². The Hall–Kier alpha value is -1.30. The van der Waals surface area contributed by atoms with Gasteiger partial charge in [0, 0.05) is 19.1 Å². The number of guanidine groups is 1. The van der Waals surface area contributed by atoms with Gasteiger partial charge in [-0.3, -0.25) is 4.99 Å². The summed E-state index contributed by atoms with van der Waals surface area (Å²) in [4.78, 5) is 4.26. The third-order valence-corrected chi connectivity index (χ3v) is 3.28. The first kappa shape index (κ1) is 18.7. The van der Waals surface area contributed by atoms with Gasteiger partial charge in [-0.1, -0.05) is 42.5 Å². The first-order valence-corrected chi connectivity index (χ1v) is 7.45. The Labute approximate surface area is 150 Å². The molecule has 0 saturated carbocycles. The van der Waals surface area contributed by atoms with Gasteiger partial charge >= 0.3 is 0 Å². The Morgan fingerprint density at radius 3 is 2.41 bits per heavy atom. The Balaban J connectivity index is 0.00000242. The van der Waals surface area contributed by atoms with Crippen LogP contribution in [0.25, 0.3) is 10.8 Å². The summed E-state index contributed by atoms with van der Waals surface area (Å²) in [5.41, 5.74) is 1.38. The molecule has 0 fully saturated rings. The fourth-order valence-corrected chi connectivity index (χ4v) is 2.36. The fourth-order valence-electron chi connectivity index (χ4n) is 2.36. The van der Waals surface area contributed by atoms with E-state index in [-0.39, 0.29) is 29.5 Å². The standard InChI is InChI=1S/C18H25N3.HI/c1-18(2,3)21-17(19-4)20-13-12-15-10-7-9-14-8-5-6-11-16(14)15;/h5-11H,12-13H2,1-4H3,(H2,19,20,21);1H. The van der Waals surface area contributed by atoms with Gasteiger partial charge in [-0.05, 0) is 43.5 Å². The molecule has 2 rings (SSSR count). The zero-order chi connectivity index (χ0) is 15.3. The van der Waals surface area contributed by atoms with Gasteiger partial charge in [-0.2, -0.15) is 0 Å². The lowest BCUT2D eigenvalue weighted by Crippen LogP contribution is -2.48. The summed E-state index contributed by atoms with van der Waals surface area (Å²) >= 11 is 0. The summed E-state index contributed by atoms with van der Waals surface area (Å²) in [6.45, 7) is 7.25. The normalized spacial score (nSPS) is 11.9. The number of aliphatic imine (C=N–C) groups is 1. The maximum Gasteiger partial charge on any atom is 0.191 e. The number of nitrogens with one attached hydrogen (secondary N) is 2. The molecule has 0 unspecified atom stereocenters. The van der Waals surface area contributed by atoms with Gasteiger partial charge < -0.3 is 10.6 Å². The SMILES string of the molecule is CN=C(NCCc1cccc2ccccc12)NC(C)(C)C.I. The van der Waals surface area contributed by atoms with Crippen molar-refractivity contribution in [3.05, 3.63) is 48.0 Å². The van der Waals surface area contributed by atoms with Crippen LogP contribution in [0.2, 0.25) is 0 Å². The molecule has 3 nitrogen and oxygen atoms in total. The van der Waals surface area contributed by atoms with Crippen molar-refractivity contribution in [2.45, 2.75) is 32.7 Å². The van der Waals surface area contributed by atoms with E-state index in [4.69, 9.17) is 0 Å². The molecule has 2 aromatic rings. The van der Waals surface area contributed by atoms with Gasteiger partial charge in [-0.25, -0.2) is 0 Å². The van der Waals surface area contributed by atoms with Gasteiger partial charge in [0.25, 0.3) is 0 Å². The molecule has 0 amide bonds. The Bertz CT molecular complexity index is 624. The minimum Gasteiger partial charge on any atom is -0.356 e. The summed E-state index contributed by atoms with van der Waals surface area (Å²) in [6.07, 6.45) is 0.978.